The number of hydrogen-bond acceptors (Lipinski definition) is 1. The monoisotopic (exact) mass is 585 g/mol. The van der Waals surface area contributed by atoms with Crippen LogP contribution in [0.2, 0.25) is 13.1 Å². The van der Waals surface area contributed by atoms with Gasteiger partial charge in [-0.3, -0.25) is 0 Å². The topological polar surface area (TPSA) is 40.9 Å². The molecule has 142 valence electrons. The fraction of sp³-hybridized carbons (Fsp3) is 0.238. The van der Waals surface area contributed by atoms with Gasteiger partial charge in [0.1, 0.15) is 0 Å². The van der Waals surface area contributed by atoms with Crippen LogP contribution in [-0.4, -0.2) is 15.4 Å². The number of carbonyl (C=O) groups excluding carboxylic acids is 1. The average molecular weight is 585 g/mol. The van der Waals surface area contributed by atoms with E-state index < -0.39 is 5.91 Å². The van der Waals surface area contributed by atoms with E-state index in [9.17, 15) is 4.79 Å². The molecule has 6 heteroatoms. The van der Waals surface area contributed by atoms with E-state index >= 15 is 0 Å². The molecule has 27 heavy (non-hydrogen) atoms. The number of hydrogen-bond donors (Lipinski definition) is 0. The molecule has 0 heterocycles. The molecule has 0 aliphatic carbocycles. The maximum atomic E-state index is 10.8. The molecule has 2 radical (unpaired) electrons. The second kappa shape index (κ2) is 17.3. The largest absolute Gasteiger partial charge is 4.00 e. The fourth-order valence-electron chi connectivity index (χ4n) is 2.28. The van der Waals surface area contributed by atoms with Crippen molar-refractivity contribution in [2.24, 2.45) is 0 Å². The average Bonchev–Trinajstić information content (AvgIpc) is 3.04. The van der Waals surface area contributed by atoms with Crippen molar-refractivity contribution >= 4 is 26.2 Å². The van der Waals surface area contributed by atoms with Gasteiger partial charge in [-0.15, -0.1) is 29.7 Å². The molecule has 3 aromatic carbocycles. The predicted octanol–water partition coefficient (Wildman–Crippen LogP) is 0.353. The SMILES string of the molecule is CC(C)c1ccccc1C([NH-])=O.C[Si]C.[Cl-].[Cl-].[Hf+4].c1ccc2[cH-]ccc2c1. The molecule has 0 saturated carbocycles. The van der Waals surface area contributed by atoms with Gasteiger partial charge in [0.2, 0.25) is 0 Å². The Morgan fingerprint density at radius 2 is 1.48 bits per heavy atom. The van der Waals surface area contributed by atoms with Gasteiger partial charge in [-0.2, -0.15) is 17.5 Å². The Hall–Kier alpha value is -0.813. The molecule has 1 amide bonds. The van der Waals surface area contributed by atoms with Crippen molar-refractivity contribution < 1.29 is 55.5 Å². The minimum atomic E-state index is -0.598. The van der Waals surface area contributed by atoms with Crippen molar-refractivity contribution in [2.45, 2.75) is 32.9 Å². The first kappa shape index (κ1) is 30.9. The van der Waals surface area contributed by atoms with Crippen LogP contribution >= 0.6 is 0 Å². The Morgan fingerprint density at radius 1 is 0.963 bits per heavy atom. The summed E-state index contributed by atoms with van der Waals surface area (Å²) in [7, 11) is 1.08. The van der Waals surface area contributed by atoms with Crippen LogP contribution in [0.1, 0.15) is 35.7 Å². The molecular weight excluding hydrogens is 560 g/mol. The van der Waals surface area contributed by atoms with Crippen LogP contribution in [0, 0.1) is 0 Å². The molecule has 0 atom stereocenters. The van der Waals surface area contributed by atoms with Crippen LogP contribution in [0.4, 0.5) is 0 Å². The maximum absolute atomic E-state index is 10.8. The molecule has 0 saturated heterocycles. The third-order valence-corrected chi connectivity index (χ3v) is 3.38. The van der Waals surface area contributed by atoms with Crippen molar-refractivity contribution in [2.75, 3.05) is 0 Å². The van der Waals surface area contributed by atoms with Gasteiger partial charge in [-0.25, -0.2) is 0 Å². The van der Waals surface area contributed by atoms with Gasteiger partial charge >= 0.3 is 25.8 Å². The first-order chi connectivity index (χ1) is 11.5. The molecule has 3 rings (SSSR count). The van der Waals surface area contributed by atoms with Gasteiger partial charge in [0.25, 0.3) is 0 Å². The van der Waals surface area contributed by atoms with E-state index in [2.05, 4.69) is 55.6 Å². The molecule has 0 bridgehead atoms. The minimum Gasteiger partial charge on any atom is -1.00 e. The molecular formula is C21H25Cl2HfNOSi. The van der Waals surface area contributed by atoms with Crippen molar-refractivity contribution in [3.63, 3.8) is 0 Å². The second-order valence-electron chi connectivity index (χ2n) is 5.73. The van der Waals surface area contributed by atoms with Crippen LogP contribution in [0.15, 0.2) is 66.7 Å². The van der Waals surface area contributed by atoms with Crippen molar-refractivity contribution in [3.8, 4) is 0 Å². The van der Waals surface area contributed by atoms with E-state index in [1.54, 1.807) is 12.1 Å². The number of benzene rings is 2. The molecule has 0 spiro atoms. The van der Waals surface area contributed by atoms with Gasteiger partial charge in [-0.05, 0) is 11.5 Å². The summed E-state index contributed by atoms with van der Waals surface area (Å²) in [4.78, 5) is 10.8. The van der Waals surface area contributed by atoms with Gasteiger partial charge in [0.15, 0.2) is 0 Å². The second-order valence-corrected chi connectivity index (χ2v) is 6.73. The Labute approximate surface area is 197 Å². The van der Waals surface area contributed by atoms with Crippen LogP contribution in [-0.2, 0) is 25.8 Å². The molecule has 3 aromatic rings. The van der Waals surface area contributed by atoms with Gasteiger partial charge in [0, 0.05) is 15.1 Å². The Kier molecular flexibility index (Phi) is 19.8. The van der Waals surface area contributed by atoms with E-state index in [1.807, 2.05) is 26.0 Å². The summed E-state index contributed by atoms with van der Waals surface area (Å²) in [5.41, 5.74) is 8.49. The zero-order valence-electron chi connectivity index (χ0n) is 16.1. The van der Waals surface area contributed by atoms with E-state index in [4.69, 9.17) is 5.73 Å². The van der Waals surface area contributed by atoms with Crippen LogP contribution in [0.5, 0.6) is 0 Å². The zero-order valence-corrected chi connectivity index (χ0v) is 22.2. The van der Waals surface area contributed by atoms with E-state index in [0.717, 1.165) is 15.1 Å². The minimum absolute atomic E-state index is 0. The summed E-state index contributed by atoms with van der Waals surface area (Å²) < 4.78 is 0. The van der Waals surface area contributed by atoms with Gasteiger partial charge < -0.3 is 35.3 Å². The quantitative estimate of drug-likeness (QED) is 0.317. The fourth-order valence-corrected chi connectivity index (χ4v) is 2.28. The Balaban J connectivity index is -0.000000345. The van der Waals surface area contributed by atoms with Crippen LogP contribution in [0.25, 0.3) is 16.5 Å². The number of fused-ring (bicyclic) bond motifs is 1. The number of halogens is 2. The summed E-state index contributed by atoms with van der Waals surface area (Å²) in [6, 6.07) is 21.9. The smallest absolute Gasteiger partial charge is 1.00 e. The number of carbonyl (C=O) groups is 1. The van der Waals surface area contributed by atoms with Crippen molar-refractivity contribution in [1.82, 2.24) is 0 Å². The summed E-state index contributed by atoms with van der Waals surface area (Å²) in [6.07, 6.45) is 0. The summed E-state index contributed by atoms with van der Waals surface area (Å²) >= 11 is 0. The molecule has 2 nitrogen and oxygen atoms in total. The molecule has 0 aliphatic heterocycles. The summed E-state index contributed by atoms with van der Waals surface area (Å²) in [6.45, 7) is 8.34. The number of rotatable bonds is 2. The Morgan fingerprint density at radius 3 is 1.96 bits per heavy atom. The molecule has 0 aliphatic rings. The van der Waals surface area contributed by atoms with E-state index in [-0.39, 0.29) is 50.7 Å². The molecule has 0 aromatic heterocycles. The summed E-state index contributed by atoms with van der Waals surface area (Å²) in [5, 5.41) is 2.66. The van der Waals surface area contributed by atoms with Gasteiger partial charge in [0.05, 0.1) is 5.91 Å². The van der Waals surface area contributed by atoms with Gasteiger partial charge in [-0.1, -0.05) is 57.3 Å². The third-order valence-electron chi connectivity index (χ3n) is 3.38. The zero-order chi connectivity index (χ0) is 17.9. The molecule has 1 N–H and O–H groups in total. The first-order valence-electron chi connectivity index (χ1n) is 8.05. The van der Waals surface area contributed by atoms with Crippen LogP contribution in [0.3, 0.4) is 0 Å². The molecule has 0 unspecified atom stereocenters. The standard InChI is InChI=1S/C10H13NO.C9H7.C2H6Si.2ClH.Hf/c1-7(2)8-5-3-4-6-9(8)10(11)12;1-2-5-9-7-3-6-8(9)4-1;1-3-2;;;/h3-7H,1-2H3,(H2,11,12);1-7H;1-2H3;2*1H;/q;-1;;;;+4/p-3. The summed E-state index contributed by atoms with van der Waals surface area (Å²) in [5.74, 6) is -0.296. The predicted molar refractivity (Wildman–Crippen MR) is 106 cm³/mol. The first-order valence-corrected chi connectivity index (χ1v) is 10.0. The Bertz CT molecular complexity index is 732. The van der Waals surface area contributed by atoms with Crippen molar-refractivity contribution in [1.29, 1.82) is 0 Å². The number of nitrogens with one attached hydrogen (secondary N) is 1. The maximum Gasteiger partial charge on any atom is 4.00 e. The van der Waals surface area contributed by atoms with Crippen molar-refractivity contribution in [3.05, 3.63) is 83.6 Å². The van der Waals surface area contributed by atoms with E-state index in [1.165, 1.54) is 10.8 Å². The van der Waals surface area contributed by atoms with E-state index in [0.29, 0.717) is 11.5 Å². The third kappa shape index (κ3) is 10.9. The molecule has 0 fully saturated rings. The normalized spacial score (nSPS) is 8.63. The number of amides is 1. The van der Waals surface area contributed by atoms with Crippen LogP contribution < -0.4 is 24.8 Å².